The summed E-state index contributed by atoms with van der Waals surface area (Å²) in [6.45, 7) is 1.35. The van der Waals surface area contributed by atoms with E-state index in [-0.39, 0.29) is 17.0 Å². The maximum absolute atomic E-state index is 11.4. The van der Waals surface area contributed by atoms with Crippen molar-refractivity contribution in [2.24, 2.45) is 0 Å². The molecule has 0 N–H and O–H groups in total. The van der Waals surface area contributed by atoms with Crippen molar-refractivity contribution in [3.8, 4) is 0 Å². The average molecular weight is 280 g/mol. The summed E-state index contributed by atoms with van der Waals surface area (Å²) in [5, 5.41) is 11.1. The molecule has 0 bridgehead atoms. The lowest BCUT2D eigenvalue weighted by Crippen LogP contribution is -2.31. The second-order valence-electron chi connectivity index (χ2n) is 4.64. The van der Waals surface area contributed by atoms with Crippen LogP contribution in [-0.4, -0.2) is 35.3 Å². The van der Waals surface area contributed by atoms with Gasteiger partial charge in [0, 0.05) is 30.6 Å². The minimum absolute atomic E-state index is 0.109. The van der Waals surface area contributed by atoms with Crippen LogP contribution >= 0.6 is 11.8 Å². The lowest BCUT2D eigenvalue weighted by Gasteiger charge is -2.26. The van der Waals surface area contributed by atoms with E-state index in [0.717, 1.165) is 23.6 Å². The molecule has 19 heavy (non-hydrogen) atoms. The molecule has 6 heteroatoms. The summed E-state index contributed by atoms with van der Waals surface area (Å²) in [5.41, 5.74) is 0.856. The first-order chi connectivity index (χ1) is 9.00. The fourth-order valence-corrected chi connectivity index (χ4v) is 3.49. The minimum atomic E-state index is -0.489. The molecule has 1 aliphatic rings. The highest BCUT2D eigenvalue weighted by Gasteiger charge is 2.23. The number of carbonyl (C=O) groups excluding carboxylic acids is 1. The van der Waals surface area contributed by atoms with Gasteiger partial charge in [0.25, 0.3) is 5.69 Å². The summed E-state index contributed by atoms with van der Waals surface area (Å²) < 4.78 is 0. The average Bonchev–Trinajstić information content (AvgIpc) is 2.90. The van der Waals surface area contributed by atoms with E-state index >= 15 is 0 Å². The SMILES string of the molecule is CC(=O)c1ccc(N(C)C2CCSC2)cc1[N+](=O)[O-]. The van der Waals surface area contributed by atoms with Crippen molar-refractivity contribution in [1.82, 2.24) is 0 Å². The molecule has 0 saturated carbocycles. The maximum Gasteiger partial charge on any atom is 0.282 e. The Labute approximate surface area is 116 Å². The number of benzene rings is 1. The summed E-state index contributed by atoms with van der Waals surface area (Å²) >= 11 is 1.89. The Morgan fingerprint density at radius 2 is 2.26 bits per heavy atom. The van der Waals surface area contributed by atoms with Crippen molar-refractivity contribution >= 4 is 28.9 Å². The van der Waals surface area contributed by atoms with E-state index in [9.17, 15) is 14.9 Å². The first-order valence-corrected chi connectivity index (χ1v) is 7.26. The summed E-state index contributed by atoms with van der Waals surface area (Å²) in [6, 6.07) is 5.24. The number of Topliss-reactive ketones (excluding diaryl/α,β-unsaturated/α-hetero) is 1. The second kappa shape index (κ2) is 5.61. The Morgan fingerprint density at radius 3 is 2.79 bits per heavy atom. The van der Waals surface area contributed by atoms with Crippen LogP contribution in [0.1, 0.15) is 23.7 Å². The molecule has 5 nitrogen and oxygen atoms in total. The zero-order valence-corrected chi connectivity index (χ0v) is 11.8. The fourth-order valence-electron chi connectivity index (χ4n) is 2.23. The third kappa shape index (κ3) is 2.89. The first-order valence-electron chi connectivity index (χ1n) is 6.10. The van der Waals surface area contributed by atoms with Gasteiger partial charge in [-0.15, -0.1) is 0 Å². The van der Waals surface area contributed by atoms with Gasteiger partial charge in [-0.05, 0) is 31.2 Å². The van der Waals surface area contributed by atoms with Gasteiger partial charge >= 0.3 is 0 Å². The molecule has 102 valence electrons. The summed E-state index contributed by atoms with van der Waals surface area (Å²) in [5.74, 6) is 1.89. The van der Waals surface area contributed by atoms with Crippen molar-refractivity contribution < 1.29 is 9.72 Å². The van der Waals surface area contributed by atoms with Crippen molar-refractivity contribution in [3.63, 3.8) is 0 Å². The number of nitrogens with zero attached hydrogens (tertiary/aromatic N) is 2. The predicted molar refractivity (Wildman–Crippen MR) is 77.2 cm³/mol. The van der Waals surface area contributed by atoms with Crippen LogP contribution in [0, 0.1) is 10.1 Å². The number of nitro benzene ring substituents is 1. The van der Waals surface area contributed by atoms with Crippen LogP contribution in [0.3, 0.4) is 0 Å². The van der Waals surface area contributed by atoms with Gasteiger partial charge < -0.3 is 4.90 Å². The van der Waals surface area contributed by atoms with Gasteiger partial charge in [0.05, 0.1) is 10.5 Å². The van der Waals surface area contributed by atoms with E-state index in [1.54, 1.807) is 12.1 Å². The number of hydrogen-bond acceptors (Lipinski definition) is 5. The molecule has 1 aromatic rings. The third-order valence-corrected chi connectivity index (χ3v) is 4.56. The molecule has 0 spiro atoms. The van der Waals surface area contributed by atoms with Gasteiger partial charge in [0.15, 0.2) is 5.78 Å². The molecule has 1 aliphatic heterocycles. The van der Waals surface area contributed by atoms with Crippen LogP contribution in [0.2, 0.25) is 0 Å². The topological polar surface area (TPSA) is 63.5 Å². The van der Waals surface area contributed by atoms with Crippen molar-refractivity contribution in [2.45, 2.75) is 19.4 Å². The number of anilines is 1. The zero-order chi connectivity index (χ0) is 14.0. The molecule has 2 rings (SSSR count). The Bertz CT molecular complexity index is 513. The molecule has 1 atom stereocenters. The van der Waals surface area contributed by atoms with Crippen molar-refractivity contribution in [2.75, 3.05) is 23.5 Å². The predicted octanol–water partition coefficient (Wildman–Crippen LogP) is 2.74. The molecule has 0 aromatic heterocycles. The monoisotopic (exact) mass is 280 g/mol. The van der Waals surface area contributed by atoms with E-state index in [4.69, 9.17) is 0 Å². The smallest absolute Gasteiger partial charge is 0.282 e. The van der Waals surface area contributed by atoms with Crippen LogP contribution in [0.25, 0.3) is 0 Å². The molecular formula is C13H16N2O3S. The standard InChI is InChI=1S/C13H16N2O3S/c1-9(16)12-4-3-10(7-13(12)15(17)18)14(2)11-5-6-19-8-11/h3-4,7,11H,5-6,8H2,1-2H3. The summed E-state index contributed by atoms with van der Waals surface area (Å²) in [6.07, 6.45) is 1.09. The quantitative estimate of drug-likeness (QED) is 0.482. The fraction of sp³-hybridized carbons (Fsp3) is 0.462. The number of thioether (sulfide) groups is 1. The van der Waals surface area contributed by atoms with Crippen LogP contribution in [0.5, 0.6) is 0 Å². The lowest BCUT2D eigenvalue weighted by atomic mass is 10.1. The maximum atomic E-state index is 11.4. The highest BCUT2D eigenvalue weighted by molar-refractivity contribution is 7.99. The Balaban J connectivity index is 2.34. The van der Waals surface area contributed by atoms with Crippen molar-refractivity contribution in [3.05, 3.63) is 33.9 Å². The highest BCUT2D eigenvalue weighted by Crippen LogP contribution is 2.30. The summed E-state index contributed by atoms with van der Waals surface area (Å²) in [4.78, 5) is 24.0. The third-order valence-electron chi connectivity index (χ3n) is 3.42. The van der Waals surface area contributed by atoms with Crippen LogP contribution in [0.15, 0.2) is 18.2 Å². The molecule has 1 saturated heterocycles. The first kappa shape index (κ1) is 13.9. The normalized spacial score (nSPS) is 18.3. The molecule has 0 radical (unpaired) electrons. The van der Waals surface area contributed by atoms with E-state index in [0.29, 0.717) is 6.04 Å². The van der Waals surface area contributed by atoms with E-state index in [1.807, 2.05) is 18.8 Å². The van der Waals surface area contributed by atoms with Crippen molar-refractivity contribution in [1.29, 1.82) is 0 Å². The number of rotatable bonds is 4. The molecular weight excluding hydrogens is 264 g/mol. The molecule has 0 aliphatic carbocycles. The molecule has 0 amide bonds. The lowest BCUT2D eigenvalue weighted by molar-refractivity contribution is -0.385. The molecule has 1 aromatic carbocycles. The van der Waals surface area contributed by atoms with Crippen LogP contribution in [0.4, 0.5) is 11.4 Å². The second-order valence-corrected chi connectivity index (χ2v) is 5.79. The van der Waals surface area contributed by atoms with E-state index in [2.05, 4.69) is 4.90 Å². The Kier molecular flexibility index (Phi) is 4.09. The van der Waals surface area contributed by atoms with E-state index < -0.39 is 4.92 Å². The van der Waals surface area contributed by atoms with Gasteiger partial charge in [0.2, 0.25) is 0 Å². The zero-order valence-electron chi connectivity index (χ0n) is 11.0. The van der Waals surface area contributed by atoms with Gasteiger partial charge in [-0.1, -0.05) is 0 Å². The van der Waals surface area contributed by atoms with Crippen LogP contribution < -0.4 is 4.90 Å². The summed E-state index contributed by atoms with van der Waals surface area (Å²) in [7, 11) is 1.95. The molecule has 1 heterocycles. The Hall–Kier alpha value is -1.56. The largest absolute Gasteiger partial charge is 0.371 e. The molecule has 1 unspecified atom stereocenters. The number of hydrogen-bond donors (Lipinski definition) is 0. The van der Waals surface area contributed by atoms with Gasteiger partial charge in [-0.3, -0.25) is 14.9 Å². The van der Waals surface area contributed by atoms with Gasteiger partial charge in [-0.2, -0.15) is 11.8 Å². The Morgan fingerprint density at radius 1 is 1.53 bits per heavy atom. The number of nitro groups is 1. The number of ketones is 1. The minimum Gasteiger partial charge on any atom is -0.371 e. The highest BCUT2D eigenvalue weighted by atomic mass is 32.2. The van der Waals surface area contributed by atoms with Gasteiger partial charge in [-0.25, -0.2) is 0 Å². The number of carbonyl (C=O) groups is 1. The van der Waals surface area contributed by atoms with Crippen LogP contribution in [-0.2, 0) is 0 Å². The van der Waals surface area contributed by atoms with Gasteiger partial charge in [0.1, 0.15) is 0 Å². The molecule has 1 fully saturated rings. The van der Waals surface area contributed by atoms with E-state index in [1.165, 1.54) is 13.0 Å².